The molecule has 0 amide bonds. The van der Waals surface area contributed by atoms with Crippen LogP contribution in [0.4, 0.5) is 19.1 Å². The number of aliphatic carboxylic acids is 1. The molecule has 8 heteroatoms. The maximum atomic E-state index is 12.6. The Morgan fingerprint density at radius 3 is 2.18 bits per heavy atom. The molecule has 1 unspecified atom stereocenters. The number of carboxylic acids is 1. The van der Waals surface area contributed by atoms with Crippen LogP contribution in [0.25, 0.3) is 0 Å². The maximum Gasteiger partial charge on any atom is 0.422 e. The van der Waals surface area contributed by atoms with Crippen molar-refractivity contribution in [2.75, 3.05) is 5.32 Å². The summed E-state index contributed by atoms with van der Waals surface area (Å²) in [5, 5.41) is 10.4. The molecule has 1 heterocycles. The van der Waals surface area contributed by atoms with Gasteiger partial charge in [0.05, 0.1) is 0 Å². The Balaban J connectivity index is 3.04. The highest BCUT2D eigenvalue weighted by molar-refractivity contribution is 5.82. The second-order valence-electron chi connectivity index (χ2n) is 3.64. The van der Waals surface area contributed by atoms with E-state index in [1.165, 1.54) is 12.4 Å². The number of carbonyl (C=O) groups is 1. The number of hydrogen-bond acceptors (Lipinski definition) is 4. The van der Waals surface area contributed by atoms with Crippen molar-refractivity contribution >= 4 is 11.9 Å². The van der Waals surface area contributed by atoms with Gasteiger partial charge in [-0.25, -0.2) is 14.8 Å². The van der Waals surface area contributed by atoms with Gasteiger partial charge in [-0.2, -0.15) is 13.2 Å². The van der Waals surface area contributed by atoms with Crippen LogP contribution in [0, 0.1) is 6.92 Å². The van der Waals surface area contributed by atoms with Crippen molar-refractivity contribution in [3.8, 4) is 0 Å². The summed E-state index contributed by atoms with van der Waals surface area (Å²) in [5.41, 5.74) is -2.47. The van der Waals surface area contributed by atoms with Crippen molar-refractivity contribution in [2.45, 2.75) is 25.6 Å². The van der Waals surface area contributed by atoms with Gasteiger partial charge in [-0.15, -0.1) is 0 Å². The Morgan fingerprint density at radius 1 is 1.35 bits per heavy atom. The largest absolute Gasteiger partial charge is 0.479 e. The molecule has 0 aliphatic carbocycles. The molecule has 5 nitrogen and oxygen atoms in total. The molecule has 17 heavy (non-hydrogen) atoms. The van der Waals surface area contributed by atoms with Crippen LogP contribution in [0.1, 0.15) is 12.5 Å². The van der Waals surface area contributed by atoms with Gasteiger partial charge < -0.3 is 10.4 Å². The average molecular weight is 249 g/mol. The zero-order valence-corrected chi connectivity index (χ0v) is 9.04. The smallest absolute Gasteiger partial charge is 0.422 e. The summed E-state index contributed by atoms with van der Waals surface area (Å²) < 4.78 is 37.9. The summed E-state index contributed by atoms with van der Waals surface area (Å²) in [6, 6.07) is 0. The second-order valence-corrected chi connectivity index (χ2v) is 3.64. The van der Waals surface area contributed by atoms with E-state index in [9.17, 15) is 18.0 Å². The van der Waals surface area contributed by atoms with Crippen molar-refractivity contribution in [3.63, 3.8) is 0 Å². The van der Waals surface area contributed by atoms with Gasteiger partial charge >= 0.3 is 12.1 Å². The van der Waals surface area contributed by atoms with Crippen LogP contribution in [0.3, 0.4) is 0 Å². The lowest BCUT2D eigenvalue weighted by molar-refractivity contribution is -0.193. The Hall–Kier alpha value is -1.86. The molecule has 1 rings (SSSR count). The summed E-state index contributed by atoms with van der Waals surface area (Å²) in [4.78, 5) is 17.8. The molecule has 0 saturated heterocycles. The molecule has 0 aliphatic rings. The molecule has 0 fully saturated rings. The minimum atomic E-state index is -4.97. The fourth-order valence-corrected chi connectivity index (χ4v) is 0.926. The van der Waals surface area contributed by atoms with E-state index in [0.717, 1.165) is 0 Å². The molecule has 1 atom stereocenters. The van der Waals surface area contributed by atoms with Gasteiger partial charge in [-0.1, -0.05) is 0 Å². The Labute approximate surface area is 94.7 Å². The van der Waals surface area contributed by atoms with Crippen LogP contribution in [-0.2, 0) is 4.79 Å². The molecule has 0 aliphatic heterocycles. The highest BCUT2D eigenvalue weighted by Gasteiger charge is 2.58. The fourth-order valence-electron chi connectivity index (χ4n) is 0.926. The highest BCUT2D eigenvalue weighted by Crippen LogP contribution is 2.32. The van der Waals surface area contributed by atoms with Crippen LogP contribution >= 0.6 is 0 Å². The van der Waals surface area contributed by atoms with Crippen molar-refractivity contribution in [1.82, 2.24) is 9.97 Å². The molecule has 0 bridgehead atoms. The Kier molecular flexibility index (Phi) is 3.25. The van der Waals surface area contributed by atoms with E-state index >= 15 is 0 Å². The van der Waals surface area contributed by atoms with E-state index < -0.39 is 23.6 Å². The summed E-state index contributed by atoms with van der Waals surface area (Å²) in [6.07, 6.45) is -2.39. The maximum absolute atomic E-state index is 12.6. The van der Waals surface area contributed by atoms with E-state index in [1.54, 1.807) is 12.2 Å². The van der Waals surface area contributed by atoms with Crippen LogP contribution in [-0.4, -0.2) is 32.8 Å². The molecule has 0 saturated carbocycles. The third kappa shape index (κ3) is 2.63. The van der Waals surface area contributed by atoms with Gasteiger partial charge in [0, 0.05) is 12.4 Å². The highest BCUT2D eigenvalue weighted by atomic mass is 19.4. The van der Waals surface area contributed by atoms with E-state index in [-0.39, 0.29) is 0 Å². The topological polar surface area (TPSA) is 75.1 Å². The lowest BCUT2D eigenvalue weighted by atomic mass is 10.0. The summed E-state index contributed by atoms with van der Waals surface area (Å²) in [6.45, 7) is 2.17. The lowest BCUT2D eigenvalue weighted by Gasteiger charge is -2.28. The van der Waals surface area contributed by atoms with E-state index in [4.69, 9.17) is 5.11 Å². The van der Waals surface area contributed by atoms with Crippen LogP contribution in [0.15, 0.2) is 12.4 Å². The first-order valence-corrected chi connectivity index (χ1v) is 4.54. The molecule has 94 valence electrons. The number of nitrogens with zero attached hydrogens (tertiary/aromatic N) is 2. The molecule has 2 N–H and O–H groups in total. The Morgan fingerprint density at radius 2 is 1.82 bits per heavy atom. The zero-order valence-electron chi connectivity index (χ0n) is 9.04. The van der Waals surface area contributed by atoms with Crippen molar-refractivity contribution in [2.24, 2.45) is 0 Å². The van der Waals surface area contributed by atoms with E-state index in [0.29, 0.717) is 12.5 Å². The number of nitrogens with one attached hydrogen (secondary N) is 1. The number of carboxylic acid groups (broad SMARTS) is 1. The van der Waals surface area contributed by atoms with Crippen molar-refractivity contribution in [3.05, 3.63) is 18.0 Å². The third-order valence-electron chi connectivity index (χ3n) is 2.14. The standard InChI is InChI=1S/C9H10F3N3O2/c1-5-3-13-7(14-4-5)15-8(2,6(16)17)9(10,11)12/h3-4H,1-2H3,(H,16,17)(H,13,14,15). The SMILES string of the molecule is Cc1cnc(NC(C)(C(=O)O)C(F)(F)F)nc1. The van der Waals surface area contributed by atoms with Crippen molar-refractivity contribution in [1.29, 1.82) is 0 Å². The lowest BCUT2D eigenvalue weighted by Crippen LogP contribution is -2.55. The normalized spacial score (nSPS) is 15.1. The van der Waals surface area contributed by atoms with Crippen LogP contribution in [0.5, 0.6) is 0 Å². The van der Waals surface area contributed by atoms with Gasteiger partial charge in [0.2, 0.25) is 11.5 Å². The van der Waals surface area contributed by atoms with Gasteiger partial charge in [0.25, 0.3) is 0 Å². The van der Waals surface area contributed by atoms with Crippen LogP contribution in [0.2, 0.25) is 0 Å². The molecule has 1 aromatic heterocycles. The minimum Gasteiger partial charge on any atom is -0.479 e. The average Bonchev–Trinajstić information content (AvgIpc) is 2.19. The predicted octanol–water partition coefficient (Wildman–Crippen LogP) is 1.60. The number of hydrogen-bond donors (Lipinski definition) is 2. The third-order valence-corrected chi connectivity index (χ3v) is 2.14. The summed E-state index contributed by atoms with van der Waals surface area (Å²) in [5.74, 6) is -2.44. The number of anilines is 1. The molecule has 0 radical (unpaired) electrons. The number of aromatic nitrogens is 2. The first-order chi connectivity index (χ1) is 7.67. The Bertz CT molecular complexity index is 418. The zero-order chi connectivity index (χ0) is 13.3. The van der Waals surface area contributed by atoms with Crippen molar-refractivity contribution < 1.29 is 23.1 Å². The number of alkyl halides is 3. The molecular formula is C9H10F3N3O2. The first-order valence-electron chi connectivity index (χ1n) is 4.54. The predicted molar refractivity (Wildman–Crippen MR) is 52.5 cm³/mol. The second kappa shape index (κ2) is 4.19. The summed E-state index contributed by atoms with van der Waals surface area (Å²) >= 11 is 0. The molecule has 0 aromatic carbocycles. The monoisotopic (exact) mass is 249 g/mol. The van der Waals surface area contributed by atoms with Gasteiger partial charge in [0.15, 0.2) is 0 Å². The number of rotatable bonds is 3. The van der Waals surface area contributed by atoms with Gasteiger partial charge in [0.1, 0.15) is 0 Å². The van der Waals surface area contributed by atoms with Gasteiger partial charge in [-0.3, -0.25) is 0 Å². The van der Waals surface area contributed by atoms with E-state index in [2.05, 4.69) is 9.97 Å². The van der Waals surface area contributed by atoms with Gasteiger partial charge in [-0.05, 0) is 19.4 Å². The number of halogens is 3. The molecule has 0 spiro atoms. The quantitative estimate of drug-likeness (QED) is 0.851. The first kappa shape index (κ1) is 13.2. The summed E-state index contributed by atoms with van der Waals surface area (Å²) in [7, 11) is 0. The van der Waals surface area contributed by atoms with E-state index in [1.807, 2.05) is 0 Å². The fraction of sp³-hybridized carbons (Fsp3) is 0.444. The molecule has 1 aromatic rings. The molecular weight excluding hydrogens is 239 g/mol. The van der Waals surface area contributed by atoms with Crippen LogP contribution < -0.4 is 5.32 Å². The number of aryl methyl sites for hydroxylation is 1. The minimum absolute atomic E-state index is 0.391.